The van der Waals surface area contributed by atoms with E-state index in [1.165, 1.54) is 23.1 Å². The molecule has 0 saturated carbocycles. The Hall–Kier alpha value is -3.28. The lowest BCUT2D eigenvalue weighted by atomic mass is 10.1. The molecule has 0 radical (unpaired) electrons. The predicted molar refractivity (Wildman–Crippen MR) is 103 cm³/mol. The van der Waals surface area contributed by atoms with Gasteiger partial charge in [-0.1, -0.05) is 12.1 Å². The Bertz CT molecular complexity index is 825. The van der Waals surface area contributed by atoms with Crippen molar-refractivity contribution >= 4 is 17.8 Å². The third kappa shape index (κ3) is 5.88. The zero-order valence-corrected chi connectivity index (χ0v) is 15.6. The molecule has 6 nitrogen and oxygen atoms in total. The van der Waals surface area contributed by atoms with E-state index in [1.807, 2.05) is 6.92 Å². The quantitative estimate of drug-likeness (QED) is 0.571. The molecule has 0 aliphatic heterocycles. The molecule has 6 heteroatoms. The molecule has 0 atom stereocenters. The van der Waals surface area contributed by atoms with Gasteiger partial charge in [-0.15, -0.1) is 0 Å². The number of hydrogen-bond donors (Lipinski definition) is 1. The van der Waals surface area contributed by atoms with Crippen molar-refractivity contribution in [1.82, 2.24) is 4.90 Å². The number of phenols is 1. The summed E-state index contributed by atoms with van der Waals surface area (Å²) >= 11 is 0. The molecule has 1 amide bonds. The topological polar surface area (TPSA) is 76.1 Å². The van der Waals surface area contributed by atoms with Crippen LogP contribution in [0.2, 0.25) is 0 Å². The van der Waals surface area contributed by atoms with Crippen LogP contribution in [0.25, 0.3) is 6.08 Å². The molecule has 142 valence electrons. The van der Waals surface area contributed by atoms with Crippen LogP contribution in [0.5, 0.6) is 17.2 Å². The number of allylic oxidation sites excluding steroid dienone is 1. The van der Waals surface area contributed by atoms with E-state index in [0.29, 0.717) is 23.7 Å². The second-order valence-electron chi connectivity index (χ2n) is 5.96. The van der Waals surface area contributed by atoms with Gasteiger partial charge in [0.1, 0.15) is 5.75 Å². The summed E-state index contributed by atoms with van der Waals surface area (Å²) in [4.78, 5) is 25.3. The SMILES string of the molecule is CCOc1cc(C=CC(=O)c2ccc(O)cc2)ccc1OCC(=O)N(C)C. The van der Waals surface area contributed by atoms with Gasteiger partial charge in [0.2, 0.25) is 0 Å². The number of likely N-dealkylation sites (N-methyl/N-ethyl adjacent to an activating group) is 1. The molecule has 0 spiro atoms. The fourth-order valence-electron chi connectivity index (χ4n) is 2.18. The first-order valence-corrected chi connectivity index (χ1v) is 8.52. The van der Waals surface area contributed by atoms with E-state index in [9.17, 15) is 14.7 Å². The van der Waals surface area contributed by atoms with E-state index in [2.05, 4.69) is 0 Å². The molecule has 0 aliphatic carbocycles. The fraction of sp³-hybridized carbons (Fsp3) is 0.238. The molecule has 0 heterocycles. The maximum Gasteiger partial charge on any atom is 0.259 e. The van der Waals surface area contributed by atoms with Gasteiger partial charge in [0.15, 0.2) is 23.9 Å². The van der Waals surface area contributed by atoms with Crippen molar-refractivity contribution in [2.45, 2.75) is 6.92 Å². The molecule has 0 fully saturated rings. The van der Waals surface area contributed by atoms with Crippen molar-refractivity contribution in [1.29, 1.82) is 0 Å². The summed E-state index contributed by atoms with van der Waals surface area (Å²) in [5, 5.41) is 9.28. The number of nitrogens with zero attached hydrogens (tertiary/aromatic N) is 1. The van der Waals surface area contributed by atoms with Gasteiger partial charge in [0, 0.05) is 19.7 Å². The van der Waals surface area contributed by atoms with Gasteiger partial charge >= 0.3 is 0 Å². The lowest BCUT2D eigenvalue weighted by Crippen LogP contribution is -2.27. The van der Waals surface area contributed by atoms with E-state index in [1.54, 1.807) is 50.5 Å². The smallest absolute Gasteiger partial charge is 0.259 e. The first-order valence-electron chi connectivity index (χ1n) is 8.52. The van der Waals surface area contributed by atoms with Gasteiger partial charge in [-0.3, -0.25) is 9.59 Å². The highest BCUT2D eigenvalue weighted by Gasteiger charge is 2.10. The number of benzene rings is 2. The Morgan fingerprint density at radius 1 is 1.04 bits per heavy atom. The summed E-state index contributed by atoms with van der Waals surface area (Å²) in [5.41, 5.74) is 1.24. The van der Waals surface area contributed by atoms with E-state index in [0.717, 1.165) is 5.56 Å². The molecule has 2 aromatic rings. The Morgan fingerprint density at radius 3 is 2.37 bits per heavy atom. The Balaban J connectivity index is 2.13. The molecule has 27 heavy (non-hydrogen) atoms. The molecule has 0 aliphatic rings. The highest BCUT2D eigenvalue weighted by atomic mass is 16.5. The largest absolute Gasteiger partial charge is 0.508 e. The first kappa shape index (κ1) is 20.0. The maximum absolute atomic E-state index is 12.2. The molecule has 0 aromatic heterocycles. The molecule has 0 saturated heterocycles. The van der Waals surface area contributed by atoms with Crippen LogP contribution >= 0.6 is 0 Å². The minimum absolute atomic E-state index is 0.0817. The van der Waals surface area contributed by atoms with E-state index >= 15 is 0 Å². The van der Waals surface area contributed by atoms with Crippen LogP contribution in [0, 0.1) is 0 Å². The molecule has 2 rings (SSSR count). The van der Waals surface area contributed by atoms with Gasteiger partial charge in [-0.25, -0.2) is 0 Å². The van der Waals surface area contributed by atoms with Gasteiger partial charge in [-0.2, -0.15) is 0 Å². The van der Waals surface area contributed by atoms with Gasteiger partial charge in [-0.05, 0) is 55.0 Å². The van der Waals surface area contributed by atoms with E-state index < -0.39 is 0 Å². The highest BCUT2D eigenvalue weighted by molar-refractivity contribution is 6.06. The molecule has 0 unspecified atom stereocenters. The van der Waals surface area contributed by atoms with Crippen molar-refractivity contribution in [2.24, 2.45) is 0 Å². The molecule has 1 N–H and O–H groups in total. The maximum atomic E-state index is 12.2. The predicted octanol–water partition coefficient (Wildman–Crippen LogP) is 3.15. The van der Waals surface area contributed by atoms with Crippen LogP contribution in [-0.2, 0) is 4.79 Å². The minimum atomic E-state index is -0.176. The summed E-state index contributed by atoms with van der Waals surface area (Å²) < 4.78 is 11.1. The second-order valence-corrected chi connectivity index (χ2v) is 5.96. The summed E-state index contributed by atoms with van der Waals surface area (Å²) in [6, 6.07) is 11.3. The molecule has 2 aromatic carbocycles. The number of ketones is 1. The summed E-state index contributed by atoms with van der Waals surface area (Å²) in [7, 11) is 3.32. The number of carbonyl (C=O) groups is 2. The standard InChI is InChI=1S/C21H23NO5/c1-4-26-20-13-15(6-12-19(20)27-14-21(25)22(2)3)5-11-18(24)16-7-9-17(23)10-8-16/h5-13,23H,4,14H2,1-3H3. The minimum Gasteiger partial charge on any atom is -0.508 e. The first-order chi connectivity index (χ1) is 12.9. The van der Waals surface area contributed by atoms with Crippen molar-refractivity contribution in [2.75, 3.05) is 27.3 Å². The number of aromatic hydroxyl groups is 1. The molecular weight excluding hydrogens is 346 g/mol. The van der Waals surface area contributed by atoms with Crippen molar-refractivity contribution in [3.8, 4) is 17.2 Å². The monoisotopic (exact) mass is 369 g/mol. The number of amides is 1. The Morgan fingerprint density at radius 2 is 1.74 bits per heavy atom. The summed E-state index contributed by atoms with van der Waals surface area (Å²) in [6.45, 7) is 2.21. The van der Waals surface area contributed by atoms with Crippen LogP contribution in [-0.4, -0.2) is 49.0 Å². The van der Waals surface area contributed by atoms with Crippen LogP contribution in [0.1, 0.15) is 22.8 Å². The second kappa shape index (κ2) is 9.43. The lowest BCUT2D eigenvalue weighted by Gasteiger charge is -2.14. The van der Waals surface area contributed by atoms with Gasteiger partial charge in [0.05, 0.1) is 6.61 Å². The average Bonchev–Trinajstić information content (AvgIpc) is 2.65. The summed E-state index contributed by atoms with van der Waals surface area (Å²) in [5.74, 6) is 0.753. The van der Waals surface area contributed by atoms with Crippen molar-refractivity contribution in [3.63, 3.8) is 0 Å². The molecular formula is C21H23NO5. The number of carbonyl (C=O) groups excluding carboxylic acids is 2. The average molecular weight is 369 g/mol. The normalized spacial score (nSPS) is 10.6. The third-order valence-corrected chi connectivity index (χ3v) is 3.70. The Labute approximate surface area is 158 Å². The van der Waals surface area contributed by atoms with E-state index in [-0.39, 0.29) is 24.0 Å². The fourth-order valence-corrected chi connectivity index (χ4v) is 2.18. The van der Waals surface area contributed by atoms with Crippen LogP contribution in [0.4, 0.5) is 0 Å². The lowest BCUT2D eigenvalue weighted by molar-refractivity contribution is -0.130. The number of phenolic OH excluding ortho intramolecular Hbond substituents is 1. The van der Waals surface area contributed by atoms with Crippen molar-refractivity contribution in [3.05, 3.63) is 59.7 Å². The molecule has 0 bridgehead atoms. The third-order valence-electron chi connectivity index (χ3n) is 3.70. The van der Waals surface area contributed by atoms with Gasteiger partial charge in [0.25, 0.3) is 5.91 Å². The van der Waals surface area contributed by atoms with Crippen molar-refractivity contribution < 1.29 is 24.2 Å². The summed E-state index contributed by atoms with van der Waals surface area (Å²) in [6.07, 6.45) is 3.13. The number of ether oxygens (including phenoxy) is 2. The van der Waals surface area contributed by atoms with Gasteiger partial charge < -0.3 is 19.5 Å². The number of hydrogen-bond acceptors (Lipinski definition) is 5. The number of rotatable bonds is 8. The Kier molecular flexibility index (Phi) is 7.00. The van der Waals surface area contributed by atoms with Crippen LogP contribution < -0.4 is 9.47 Å². The zero-order chi connectivity index (χ0) is 19.8. The zero-order valence-electron chi connectivity index (χ0n) is 15.6. The highest BCUT2D eigenvalue weighted by Crippen LogP contribution is 2.29. The van der Waals surface area contributed by atoms with Crippen LogP contribution in [0.15, 0.2) is 48.5 Å². The van der Waals surface area contributed by atoms with Crippen LogP contribution in [0.3, 0.4) is 0 Å². The van der Waals surface area contributed by atoms with E-state index in [4.69, 9.17) is 9.47 Å².